The lowest BCUT2D eigenvalue weighted by Gasteiger charge is -2.09. The van der Waals surface area contributed by atoms with Gasteiger partial charge in [0, 0.05) is 6.54 Å². The van der Waals surface area contributed by atoms with Crippen LogP contribution in [0.3, 0.4) is 0 Å². The Kier molecular flexibility index (Phi) is 6.00. The van der Waals surface area contributed by atoms with Gasteiger partial charge in [-0.05, 0) is 18.6 Å². The van der Waals surface area contributed by atoms with E-state index in [1.807, 2.05) is 6.92 Å². The van der Waals surface area contributed by atoms with Crippen LogP contribution in [0, 0.1) is 0 Å². The Morgan fingerprint density at radius 3 is 2.38 bits per heavy atom. The summed E-state index contributed by atoms with van der Waals surface area (Å²) in [4.78, 5) is 22.1. The van der Waals surface area contributed by atoms with Gasteiger partial charge in [0.1, 0.15) is 5.75 Å². The first kappa shape index (κ1) is 17.7. The Hall–Kier alpha value is -1.31. The molecule has 6 nitrogen and oxygen atoms in total. The van der Waals surface area contributed by atoms with E-state index in [9.17, 15) is 18.0 Å². The second-order valence-electron chi connectivity index (χ2n) is 4.18. The SMILES string of the molecule is CCCNC(=O)CS(=O)(=O)c1cc(C(=O)O)c(Cl)cc1Cl. The van der Waals surface area contributed by atoms with Gasteiger partial charge in [0.05, 0.1) is 20.5 Å². The van der Waals surface area contributed by atoms with E-state index in [4.69, 9.17) is 28.3 Å². The maximum Gasteiger partial charge on any atom is 0.337 e. The molecule has 0 saturated carbocycles. The van der Waals surface area contributed by atoms with Gasteiger partial charge in [-0.1, -0.05) is 30.1 Å². The molecular formula is C12H13Cl2NO5S. The highest BCUT2D eigenvalue weighted by molar-refractivity contribution is 7.92. The minimum absolute atomic E-state index is 0.179. The molecule has 2 N–H and O–H groups in total. The number of hydrogen-bond acceptors (Lipinski definition) is 4. The lowest BCUT2D eigenvalue weighted by Crippen LogP contribution is -2.31. The zero-order valence-electron chi connectivity index (χ0n) is 11.0. The molecule has 21 heavy (non-hydrogen) atoms. The van der Waals surface area contributed by atoms with Gasteiger partial charge in [-0.3, -0.25) is 4.79 Å². The van der Waals surface area contributed by atoms with Crippen molar-refractivity contribution in [3.63, 3.8) is 0 Å². The second-order valence-corrected chi connectivity index (χ2v) is 6.95. The Morgan fingerprint density at radius 2 is 1.86 bits per heavy atom. The Morgan fingerprint density at radius 1 is 1.24 bits per heavy atom. The molecule has 9 heteroatoms. The fourth-order valence-electron chi connectivity index (χ4n) is 1.50. The van der Waals surface area contributed by atoms with E-state index in [1.165, 1.54) is 0 Å². The molecule has 0 radical (unpaired) electrons. The van der Waals surface area contributed by atoms with Gasteiger partial charge in [0.25, 0.3) is 0 Å². The number of halogens is 2. The maximum absolute atomic E-state index is 12.1. The van der Waals surface area contributed by atoms with Crippen LogP contribution in [0.5, 0.6) is 0 Å². The first-order chi connectivity index (χ1) is 9.69. The smallest absolute Gasteiger partial charge is 0.337 e. The van der Waals surface area contributed by atoms with Gasteiger partial charge in [0.2, 0.25) is 5.91 Å². The van der Waals surface area contributed by atoms with E-state index in [0.29, 0.717) is 13.0 Å². The normalized spacial score (nSPS) is 11.2. The summed E-state index contributed by atoms with van der Waals surface area (Å²) in [5.41, 5.74) is -0.395. The van der Waals surface area contributed by atoms with Gasteiger partial charge >= 0.3 is 5.97 Å². The number of sulfone groups is 1. The van der Waals surface area contributed by atoms with Crippen molar-refractivity contribution in [1.82, 2.24) is 5.32 Å². The van der Waals surface area contributed by atoms with Crippen LogP contribution in [0.15, 0.2) is 17.0 Å². The number of carbonyl (C=O) groups is 2. The van der Waals surface area contributed by atoms with E-state index >= 15 is 0 Å². The molecule has 0 aliphatic carbocycles. The summed E-state index contributed by atoms with van der Waals surface area (Å²) in [6.45, 7) is 2.17. The molecule has 116 valence electrons. The summed E-state index contributed by atoms with van der Waals surface area (Å²) in [7, 11) is -4.06. The number of amides is 1. The second kappa shape index (κ2) is 7.11. The number of aromatic carboxylic acids is 1. The predicted molar refractivity (Wildman–Crippen MR) is 78.8 cm³/mol. The van der Waals surface area contributed by atoms with Gasteiger partial charge in [-0.2, -0.15) is 0 Å². The van der Waals surface area contributed by atoms with Gasteiger partial charge in [-0.15, -0.1) is 0 Å². The third-order valence-corrected chi connectivity index (χ3v) is 4.87. The summed E-state index contributed by atoms with van der Waals surface area (Å²) in [6.07, 6.45) is 0.663. The van der Waals surface area contributed by atoms with E-state index in [2.05, 4.69) is 5.32 Å². The summed E-state index contributed by atoms with van der Waals surface area (Å²) in [5, 5.41) is 11.0. The van der Waals surface area contributed by atoms with Gasteiger partial charge < -0.3 is 10.4 Å². The van der Waals surface area contributed by atoms with Crippen molar-refractivity contribution in [3.05, 3.63) is 27.7 Å². The van der Waals surface area contributed by atoms with Crippen molar-refractivity contribution in [3.8, 4) is 0 Å². The molecule has 1 amide bonds. The van der Waals surface area contributed by atoms with Crippen LogP contribution in [0.25, 0.3) is 0 Å². The molecule has 0 heterocycles. The molecule has 0 aliphatic heterocycles. The van der Waals surface area contributed by atoms with Crippen LogP contribution >= 0.6 is 23.2 Å². The van der Waals surface area contributed by atoms with Gasteiger partial charge in [-0.25, -0.2) is 13.2 Å². The first-order valence-electron chi connectivity index (χ1n) is 5.90. The molecule has 0 saturated heterocycles. The van der Waals surface area contributed by atoms with Crippen molar-refractivity contribution in [2.75, 3.05) is 12.3 Å². The van der Waals surface area contributed by atoms with Crippen LogP contribution < -0.4 is 5.32 Å². The first-order valence-corrected chi connectivity index (χ1v) is 8.31. The number of carbonyl (C=O) groups excluding carboxylic acids is 1. The Bertz CT molecular complexity index is 672. The number of rotatable bonds is 6. The fourth-order valence-corrected chi connectivity index (χ4v) is 3.57. The Labute approximate surface area is 132 Å². The minimum Gasteiger partial charge on any atom is -0.478 e. The zero-order chi connectivity index (χ0) is 16.2. The standard InChI is InChI=1S/C12H13Cl2NO5S/c1-2-3-15-11(16)6-21(19,20)10-4-7(12(17)18)8(13)5-9(10)14/h4-5H,2-3,6H2,1H3,(H,15,16)(H,17,18). The lowest BCUT2D eigenvalue weighted by atomic mass is 10.2. The summed E-state index contributed by atoms with van der Waals surface area (Å²) in [5.74, 6) is -2.88. The van der Waals surface area contributed by atoms with Crippen LogP contribution in [-0.4, -0.2) is 37.7 Å². The maximum atomic E-state index is 12.1. The third kappa shape index (κ3) is 4.59. The van der Waals surface area contributed by atoms with Crippen molar-refractivity contribution >= 4 is 44.9 Å². The monoisotopic (exact) mass is 353 g/mol. The van der Waals surface area contributed by atoms with E-state index < -0.39 is 37.9 Å². The quantitative estimate of drug-likeness (QED) is 0.814. The van der Waals surface area contributed by atoms with Crippen LogP contribution in [0.4, 0.5) is 0 Å². The molecule has 0 spiro atoms. The molecule has 0 bridgehead atoms. The molecule has 0 aliphatic rings. The lowest BCUT2D eigenvalue weighted by molar-refractivity contribution is -0.118. The molecule has 1 aromatic rings. The number of benzene rings is 1. The predicted octanol–water partition coefficient (Wildman–Crippen LogP) is 1.99. The van der Waals surface area contributed by atoms with E-state index in [0.717, 1.165) is 12.1 Å². The molecule has 0 unspecified atom stereocenters. The van der Waals surface area contributed by atoms with Crippen LogP contribution in [0.1, 0.15) is 23.7 Å². The minimum atomic E-state index is -4.06. The largest absolute Gasteiger partial charge is 0.478 e. The third-order valence-electron chi connectivity index (χ3n) is 2.48. The molecule has 0 fully saturated rings. The van der Waals surface area contributed by atoms with E-state index in [1.54, 1.807) is 0 Å². The summed E-state index contributed by atoms with van der Waals surface area (Å²) in [6, 6.07) is 1.89. The Balaban J connectivity index is 3.17. The average molecular weight is 354 g/mol. The zero-order valence-corrected chi connectivity index (χ0v) is 13.3. The van der Waals surface area contributed by atoms with Crippen molar-refractivity contribution in [2.45, 2.75) is 18.2 Å². The highest BCUT2D eigenvalue weighted by Gasteiger charge is 2.25. The number of nitrogens with one attached hydrogen (secondary N) is 1. The van der Waals surface area contributed by atoms with Gasteiger partial charge in [0.15, 0.2) is 9.84 Å². The van der Waals surface area contributed by atoms with Crippen LogP contribution in [-0.2, 0) is 14.6 Å². The van der Waals surface area contributed by atoms with Crippen molar-refractivity contribution in [1.29, 1.82) is 0 Å². The number of hydrogen-bond donors (Lipinski definition) is 2. The molecular weight excluding hydrogens is 341 g/mol. The highest BCUT2D eigenvalue weighted by Crippen LogP contribution is 2.29. The number of carboxylic acids is 1. The molecule has 1 rings (SSSR count). The molecule has 1 aromatic carbocycles. The van der Waals surface area contributed by atoms with Crippen molar-refractivity contribution < 1.29 is 23.1 Å². The van der Waals surface area contributed by atoms with E-state index in [-0.39, 0.29) is 10.0 Å². The molecule has 0 atom stereocenters. The highest BCUT2D eigenvalue weighted by atomic mass is 35.5. The average Bonchev–Trinajstić information content (AvgIpc) is 2.34. The topological polar surface area (TPSA) is 101 Å². The number of carboxylic acid groups (broad SMARTS) is 1. The van der Waals surface area contributed by atoms with Crippen molar-refractivity contribution in [2.24, 2.45) is 0 Å². The van der Waals surface area contributed by atoms with Crippen LogP contribution in [0.2, 0.25) is 10.0 Å². The summed E-state index contributed by atoms with van der Waals surface area (Å²) >= 11 is 11.5. The fraction of sp³-hybridized carbons (Fsp3) is 0.333. The molecule has 0 aromatic heterocycles. The summed E-state index contributed by atoms with van der Waals surface area (Å²) < 4.78 is 24.3.